The number of fused-ring (bicyclic) bond motifs is 2. The fourth-order valence-corrected chi connectivity index (χ4v) is 7.47. The first-order valence-corrected chi connectivity index (χ1v) is 15.9. The third-order valence-electron chi connectivity index (χ3n) is 10.1. The number of nitrogens with zero attached hydrogens (tertiary/aromatic N) is 5. The van der Waals surface area contributed by atoms with Gasteiger partial charge in [-0.1, -0.05) is 41.6 Å². The number of aromatic nitrogens is 2. The van der Waals surface area contributed by atoms with Crippen molar-refractivity contribution in [3.05, 3.63) is 83.8 Å². The molecule has 0 saturated carbocycles. The van der Waals surface area contributed by atoms with Gasteiger partial charge < -0.3 is 14.2 Å². The maximum absolute atomic E-state index is 13.9. The molecule has 4 aromatic rings. The molecule has 3 aliphatic rings. The largest absolute Gasteiger partial charge is 0.477 e. The summed E-state index contributed by atoms with van der Waals surface area (Å²) in [6.07, 6.45) is 3.83. The van der Waals surface area contributed by atoms with Gasteiger partial charge in [0.15, 0.2) is 11.4 Å². The van der Waals surface area contributed by atoms with Crippen molar-refractivity contribution in [3.8, 4) is 5.88 Å². The molecule has 44 heavy (non-hydrogen) atoms. The number of likely N-dealkylation sites (tertiary alicyclic amines) is 1. The monoisotopic (exact) mass is 597 g/mol. The number of benzene rings is 2. The maximum Gasteiger partial charge on any atom is 0.213 e. The zero-order chi connectivity index (χ0) is 30.1. The Bertz CT molecular complexity index is 1600. The van der Waals surface area contributed by atoms with Gasteiger partial charge in [-0.25, -0.2) is 9.37 Å². The fraction of sp³-hybridized carbons (Fsp3) is 0.457. The summed E-state index contributed by atoms with van der Waals surface area (Å²) >= 11 is 0. The second-order valence-electron chi connectivity index (χ2n) is 12.7. The number of hydrogen-bond acceptors (Lipinski definition) is 8. The smallest absolute Gasteiger partial charge is 0.213 e. The lowest BCUT2D eigenvalue weighted by atomic mass is 9.70. The third-order valence-corrected chi connectivity index (χ3v) is 10.1. The van der Waals surface area contributed by atoms with Crippen LogP contribution < -0.4 is 9.64 Å². The van der Waals surface area contributed by atoms with Gasteiger partial charge in [0.1, 0.15) is 11.6 Å². The molecule has 0 amide bonds. The summed E-state index contributed by atoms with van der Waals surface area (Å²) in [5.74, 6) is 1.86. The molecule has 8 nitrogen and oxygen atoms in total. The molecule has 0 aliphatic carbocycles. The van der Waals surface area contributed by atoms with Crippen LogP contribution in [0.5, 0.6) is 5.88 Å². The van der Waals surface area contributed by atoms with Crippen molar-refractivity contribution < 1.29 is 18.4 Å². The number of ether oxygens (including phenoxy) is 1. The Morgan fingerprint density at radius 2 is 1.84 bits per heavy atom. The Kier molecular flexibility index (Phi) is 8.08. The van der Waals surface area contributed by atoms with Gasteiger partial charge >= 0.3 is 0 Å². The van der Waals surface area contributed by atoms with Gasteiger partial charge in [-0.15, -0.1) is 0 Å². The molecule has 0 radical (unpaired) electrons. The first-order chi connectivity index (χ1) is 21.5. The van der Waals surface area contributed by atoms with Gasteiger partial charge in [0.05, 0.1) is 23.1 Å². The highest BCUT2D eigenvalue weighted by molar-refractivity contribution is 5.89. The van der Waals surface area contributed by atoms with Crippen molar-refractivity contribution >= 4 is 22.6 Å². The van der Waals surface area contributed by atoms with Crippen LogP contribution in [0.4, 0.5) is 10.2 Å². The van der Waals surface area contributed by atoms with Crippen molar-refractivity contribution in [2.75, 3.05) is 50.8 Å². The Balaban J connectivity index is 0.902. The van der Waals surface area contributed by atoms with Crippen molar-refractivity contribution in [1.29, 1.82) is 0 Å². The Hall–Kier alpha value is -3.82. The molecular weight excluding hydrogens is 557 g/mol. The minimum absolute atomic E-state index is 0.257. The summed E-state index contributed by atoms with van der Waals surface area (Å²) in [4.78, 5) is 24.8. The van der Waals surface area contributed by atoms with Crippen LogP contribution in [0.3, 0.4) is 0 Å². The first kappa shape index (κ1) is 28.9. The number of piperazine rings is 1. The fourth-order valence-electron chi connectivity index (χ4n) is 7.47. The zero-order valence-corrected chi connectivity index (χ0v) is 25.3. The second kappa shape index (κ2) is 12.3. The van der Waals surface area contributed by atoms with Crippen LogP contribution in [-0.4, -0.2) is 77.6 Å². The van der Waals surface area contributed by atoms with E-state index in [1.165, 1.54) is 12.1 Å². The SMILES string of the molecule is CC(=O)C1(c2ccccc2)CCN(Cc2cccc(OC[C@@H]3CC[C@@H]4CN(c5noc6ccc(F)cc56)CCN4C3)n2)CC1. The molecular formula is C35H40FN5O3. The number of anilines is 1. The molecule has 2 aromatic carbocycles. The lowest BCUT2D eigenvalue weighted by molar-refractivity contribution is -0.124. The van der Waals surface area contributed by atoms with Crippen LogP contribution in [-0.2, 0) is 16.8 Å². The number of carbonyl (C=O) groups excluding carboxylic acids is 1. The van der Waals surface area contributed by atoms with Crippen molar-refractivity contribution in [2.45, 2.75) is 50.6 Å². The van der Waals surface area contributed by atoms with E-state index in [-0.39, 0.29) is 17.0 Å². The van der Waals surface area contributed by atoms with E-state index in [1.807, 2.05) is 30.3 Å². The molecule has 0 spiro atoms. The van der Waals surface area contributed by atoms with Crippen LogP contribution in [0.15, 0.2) is 71.3 Å². The average molecular weight is 598 g/mol. The second-order valence-corrected chi connectivity index (χ2v) is 12.7. The average Bonchev–Trinajstić information content (AvgIpc) is 3.47. The van der Waals surface area contributed by atoms with E-state index in [0.717, 1.165) is 94.0 Å². The lowest BCUT2D eigenvalue weighted by Crippen LogP contribution is -2.57. The molecule has 3 saturated heterocycles. The molecule has 7 rings (SSSR count). The summed E-state index contributed by atoms with van der Waals surface area (Å²) < 4.78 is 25.6. The number of carbonyl (C=O) groups is 1. The molecule has 230 valence electrons. The summed E-state index contributed by atoms with van der Waals surface area (Å²) in [5, 5.41) is 5.01. The topological polar surface area (TPSA) is 74.9 Å². The first-order valence-electron chi connectivity index (χ1n) is 15.9. The molecule has 2 atom stereocenters. The number of pyridine rings is 1. The standard InChI is InChI=1S/C35H40FN5O3/c1-25(42)35(27-6-3-2-4-7-27)14-16-39(17-15-35)22-29-8-5-9-33(37-29)43-24-26-10-12-30-23-41(19-18-40(30)21-26)34-31-20-28(36)11-13-32(31)44-38-34/h2-9,11,13,20,26,30H,10,12,14-19,21-24H2,1H3/t26-,30-/m1/s1. The van der Waals surface area contributed by atoms with E-state index in [9.17, 15) is 9.18 Å². The molecule has 0 N–H and O–H groups in total. The van der Waals surface area contributed by atoms with Crippen molar-refractivity contribution in [3.63, 3.8) is 0 Å². The molecule has 3 aliphatic heterocycles. The third kappa shape index (κ3) is 5.83. The highest BCUT2D eigenvalue weighted by atomic mass is 19.1. The molecule has 2 aromatic heterocycles. The van der Waals surface area contributed by atoms with Crippen LogP contribution >= 0.6 is 0 Å². The van der Waals surface area contributed by atoms with E-state index < -0.39 is 0 Å². The van der Waals surface area contributed by atoms with E-state index in [4.69, 9.17) is 14.2 Å². The maximum atomic E-state index is 13.9. The summed E-state index contributed by atoms with van der Waals surface area (Å²) in [7, 11) is 0. The van der Waals surface area contributed by atoms with Gasteiger partial charge in [-0.2, -0.15) is 0 Å². The number of rotatable bonds is 8. The van der Waals surface area contributed by atoms with Gasteiger partial charge in [0.25, 0.3) is 0 Å². The normalized spacial score (nSPS) is 22.5. The van der Waals surface area contributed by atoms with E-state index in [0.29, 0.717) is 30.0 Å². The van der Waals surface area contributed by atoms with Gasteiger partial charge in [0, 0.05) is 50.7 Å². The number of hydrogen-bond donors (Lipinski definition) is 0. The molecule has 3 fully saturated rings. The predicted octanol–water partition coefficient (Wildman–Crippen LogP) is 5.46. The Morgan fingerprint density at radius 1 is 1.00 bits per heavy atom. The van der Waals surface area contributed by atoms with Crippen LogP contribution in [0.25, 0.3) is 11.0 Å². The van der Waals surface area contributed by atoms with Gasteiger partial charge in [-0.3, -0.25) is 14.6 Å². The van der Waals surface area contributed by atoms with E-state index in [2.05, 4.69) is 38.1 Å². The predicted molar refractivity (Wildman–Crippen MR) is 167 cm³/mol. The summed E-state index contributed by atoms with van der Waals surface area (Å²) in [6, 6.07) is 21.3. The highest BCUT2D eigenvalue weighted by Crippen LogP contribution is 2.37. The number of ketones is 1. The lowest BCUT2D eigenvalue weighted by Gasteiger charge is -2.46. The van der Waals surface area contributed by atoms with Crippen LogP contribution in [0.2, 0.25) is 0 Å². The van der Waals surface area contributed by atoms with Crippen molar-refractivity contribution in [2.24, 2.45) is 5.92 Å². The Morgan fingerprint density at radius 3 is 2.66 bits per heavy atom. The number of piperidine rings is 2. The zero-order valence-electron chi connectivity index (χ0n) is 25.3. The summed E-state index contributed by atoms with van der Waals surface area (Å²) in [6.45, 7) is 8.50. The van der Waals surface area contributed by atoms with Crippen LogP contribution in [0, 0.1) is 11.7 Å². The molecule has 0 bridgehead atoms. The van der Waals surface area contributed by atoms with Gasteiger partial charge in [-0.05, 0) is 75.5 Å². The molecule has 0 unspecified atom stereocenters. The minimum Gasteiger partial charge on any atom is -0.477 e. The van der Waals surface area contributed by atoms with Crippen molar-refractivity contribution in [1.82, 2.24) is 19.9 Å². The Labute approximate surface area is 257 Å². The van der Waals surface area contributed by atoms with E-state index >= 15 is 0 Å². The van der Waals surface area contributed by atoms with Gasteiger partial charge in [0.2, 0.25) is 5.88 Å². The van der Waals surface area contributed by atoms with Crippen LogP contribution in [0.1, 0.15) is 43.9 Å². The number of halogens is 1. The molecule has 9 heteroatoms. The minimum atomic E-state index is -0.383. The highest BCUT2D eigenvalue weighted by Gasteiger charge is 2.40. The molecule has 5 heterocycles. The number of Topliss-reactive ketones (excluding diaryl/α,β-unsaturated/α-hetero) is 1. The summed E-state index contributed by atoms with van der Waals surface area (Å²) in [5.41, 5.74) is 2.37. The van der Waals surface area contributed by atoms with E-state index in [1.54, 1.807) is 13.0 Å². The quantitative estimate of drug-likeness (QED) is 0.265.